The highest BCUT2D eigenvalue weighted by molar-refractivity contribution is 6.32. The maximum Gasteiger partial charge on any atom is 0.321 e. The zero-order valence-corrected chi connectivity index (χ0v) is 14.6. The predicted octanol–water partition coefficient (Wildman–Crippen LogP) is 3.84. The van der Waals surface area contributed by atoms with Crippen molar-refractivity contribution in [2.75, 3.05) is 43.5 Å². The van der Waals surface area contributed by atoms with Gasteiger partial charge in [0.05, 0.1) is 12.1 Å². The number of urea groups is 1. The minimum absolute atomic E-state index is 0.167. The zero-order valence-electron chi connectivity index (χ0n) is 13.8. The predicted molar refractivity (Wildman–Crippen MR) is 97.2 cm³/mol. The summed E-state index contributed by atoms with van der Waals surface area (Å²) in [4.78, 5) is 16.3. The fourth-order valence-corrected chi connectivity index (χ4v) is 3.02. The van der Waals surface area contributed by atoms with E-state index in [4.69, 9.17) is 16.3 Å². The van der Waals surface area contributed by atoms with Gasteiger partial charge in [0.2, 0.25) is 0 Å². The number of carbonyl (C=O) groups excluding carboxylic acids is 1. The Bertz CT molecular complexity index is 746. The van der Waals surface area contributed by atoms with Crippen LogP contribution in [-0.4, -0.2) is 44.2 Å². The van der Waals surface area contributed by atoms with Crippen molar-refractivity contribution in [1.82, 2.24) is 4.90 Å². The van der Waals surface area contributed by atoms with Gasteiger partial charge in [0.25, 0.3) is 0 Å². The molecule has 1 heterocycles. The number of methoxy groups -OCH3 is 1. The molecule has 0 aliphatic carbocycles. The molecule has 2 aromatic carbocycles. The molecule has 0 atom stereocenters. The van der Waals surface area contributed by atoms with Crippen molar-refractivity contribution in [2.45, 2.75) is 0 Å². The van der Waals surface area contributed by atoms with Crippen molar-refractivity contribution in [1.29, 1.82) is 0 Å². The molecule has 0 unspecified atom stereocenters. The minimum Gasteiger partial charge on any atom is -0.495 e. The van der Waals surface area contributed by atoms with Crippen molar-refractivity contribution < 1.29 is 13.9 Å². The Morgan fingerprint density at radius 2 is 1.80 bits per heavy atom. The Morgan fingerprint density at radius 3 is 2.40 bits per heavy atom. The van der Waals surface area contributed by atoms with E-state index < -0.39 is 0 Å². The van der Waals surface area contributed by atoms with Gasteiger partial charge in [-0.1, -0.05) is 11.6 Å². The van der Waals surface area contributed by atoms with Crippen LogP contribution in [0.1, 0.15) is 0 Å². The molecule has 1 saturated heterocycles. The molecule has 2 amide bonds. The number of nitrogens with zero attached hydrogens (tertiary/aromatic N) is 2. The molecule has 3 rings (SSSR count). The summed E-state index contributed by atoms with van der Waals surface area (Å²) in [5, 5.41) is 3.29. The van der Waals surface area contributed by atoms with Crippen molar-refractivity contribution in [3.05, 3.63) is 53.3 Å². The number of amides is 2. The molecule has 2 aromatic rings. The highest BCUT2D eigenvalue weighted by Crippen LogP contribution is 2.27. The van der Waals surface area contributed by atoms with Crippen molar-refractivity contribution >= 4 is 29.0 Å². The number of benzene rings is 2. The Labute approximate surface area is 150 Å². The van der Waals surface area contributed by atoms with Gasteiger partial charge in [0.15, 0.2) is 0 Å². The van der Waals surface area contributed by atoms with Crippen molar-refractivity contribution in [3.63, 3.8) is 0 Å². The summed E-state index contributed by atoms with van der Waals surface area (Å²) in [5.41, 5.74) is 1.58. The second kappa shape index (κ2) is 7.61. The fraction of sp³-hybridized carbons (Fsp3) is 0.278. The van der Waals surface area contributed by atoms with Gasteiger partial charge in [0.1, 0.15) is 11.6 Å². The first kappa shape index (κ1) is 17.4. The number of piperazine rings is 1. The van der Waals surface area contributed by atoms with Gasteiger partial charge in [0, 0.05) is 37.6 Å². The first-order valence-corrected chi connectivity index (χ1v) is 8.34. The summed E-state index contributed by atoms with van der Waals surface area (Å²) in [6.45, 7) is 2.57. The Balaban J connectivity index is 1.56. The second-order valence-corrected chi connectivity index (χ2v) is 6.14. The number of ether oxygens (including phenoxy) is 1. The third kappa shape index (κ3) is 4.14. The van der Waals surface area contributed by atoms with Crippen molar-refractivity contribution in [2.24, 2.45) is 0 Å². The van der Waals surface area contributed by atoms with Crippen LogP contribution in [0.4, 0.5) is 20.6 Å². The molecule has 1 N–H and O–H groups in total. The standard InChI is InChI=1S/C18H19ClFN3O2/c1-25-17-7-4-14(12-16(17)19)21-18(24)23-10-8-22(9-11-23)15-5-2-13(20)3-6-15/h2-7,12H,8-11H2,1H3,(H,21,24). The molecule has 1 fully saturated rings. The number of halogens is 2. The maximum atomic E-state index is 13.0. The summed E-state index contributed by atoms with van der Waals surface area (Å²) >= 11 is 6.07. The van der Waals surface area contributed by atoms with Crippen LogP contribution in [0.25, 0.3) is 0 Å². The number of rotatable bonds is 3. The molecule has 7 heteroatoms. The van der Waals surface area contributed by atoms with Gasteiger partial charge in [-0.2, -0.15) is 0 Å². The molecule has 1 aliphatic heterocycles. The van der Waals surface area contributed by atoms with E-state index in [1.165, 1.54) is 12.1 Å². The van der Waals surface area contributed by atoms with Crippen LogP contribution >= 0.6 is 11.6 Å². The Hall–Kier alpha value is -2.47. The molecule has 0 radical (unpaired) electrons. The maximum absolute atomic E-state index is 13.0. The lowest BCUT2D eigenvalue weighted by molar-refractivity contribution is 0.208. The molecular formula is C18H19ClFN3O2. The topological polar surface area (TPSA) is 44.8 Å². The van der Waals surface area contributed by atoms with Gasteiger partial charge in [-0.05, 0) is 42.5 Å². The van der Waals surface area contributed by atoms with E-state index in [1.54, 1.807) is 42.3 Å². The number of nitrogens with one attached hydrogen (secondary N) is 1. The SMILES string of the molecule is COc1ccc(NC(=O)N2CCN(c3ccc(F)cc3)CC2)cc1Cl. The second-order valence-electron chi connectivity index (χ2n) is 5.73. The van der Waals surface area contributed by atoms with Crippen LogP contribution in [0.3, 0.4) is 0 Å². The number of hydrogen-bond donors (Lipinski definition) is 1. The third-order valence-corrected chi connectivity index (χ3v) is 4.46. The van der Waals surface area contributed by atoms with Crippen LogP contribution in [-0.2, 0) is 0 Å². The van der Waals surface area contributed by atoms with Gasteiger partial charge in [-0.15, -0.1) is 0 Å². The van der Waals surface area contributed by atoms with E-state index in [0.717, 1.165) is 5.69 Å². The number of carbonyl (C=O) groups is 1. The van der Waals surface area contributed by atoms with Gasteiger partial charge < -0.3 is 19.9 Å². The molecule has 0 bridgehead atoms. The molecule has 0 saturated carbocycles. The summed E-state index contributed by atoms with van der Waals surface area (Å²) in [7, 11) is 1.54. The monoisotopic (exact) mass is 363 g/mol. The normalized spacial score (nSPS) is 14.4. The highest BCUT2D eigenvalue weighted by Gasteiger charge is 2.21. The molecule has 5 nitrogen and oxygen atoms in total. The lowest BCUT2D eigenvalue weighted by Gasteiger charge is -2.36. The molecule has 0 aromatic heterocycles. The molecular weight excluding hydrogens is 345 g/mol. The van der Waals surface area contributed by atoms with Gasteiger partial charge >= 0.3 is 6.03 Å². The van der Waals surface area contributed by atoms with E-state index in [-0.39, 0.29) is 11.8 Å². The fourth-order valence-electron chi connectivity index (χ4n) is 2.77. The van der Waals surface area contributed by atoms with E-state index in [9.17, 15) is 9.18 Å². The third-order valence-electron chi connectivity index (χ3n) is 4.16. The Morgan fingerprint density at radius 1 is 1.12 bits per heavy atom. The first-order valence-electron chi connectivity index (χ1n) is 7.97. The number of hydrogen-bond acceptors (Lipinski definition) is 3. The lowest BCUT2D eigenvalue weighted by Crippen LogP contribution is -2.50. The highest BCUT2D eigenvalue weighted by atomic mass is 35.5. The molecule has 132 valence electrons. The molecule has 25 heavy (non-hydrogen) atoms. The average molecular weight is 364 g/mol. The summed E-state index contributed by atoms with van der Waals surface area (Å²) in [5.74, 6) is 0.312. The van der Waals surface area contributed by atoms with E-state index in [0.29, 0.717) is 42.6 Å². The zero-order chi connectivity index (χ0) is 17.8. The Kier molecular flexibility index (Phi) is 5.28. The summed E-state index contributed by atoms with van der Waals surface area (Å²) in [6.07, 6.45) is 0. The van der Waals surface area contributed by atoms with Crippen LogP contribution in [0.15, 0.2) is 42.5 Å². The van der Waals surface area contributed by atoms with Crippen LogP contribution in [0.5, 0.6) is 5.75 Å². The quantitative estimate of drug-likeness (QED) is 0.901. The lowest BCUT2D eigenvalue weighted by atomic mass is 10.2. The minimum atomic E-state index is -0.250. The largest absolute Gasteiger partial charge is 0.495 e. The summed E-state index contributed by atoms with van der Waals surface area (Å²) < 4.78 is 18.1. The van der Waals surface area contributed by atoms with Gasteiger partial charge in [-0.25, -0.2) is 9.18 Å². The molecule has 0 spiro atoms. The van der Waals surface area contributed by atoms with Gasteiger partial charge in [-0.3, -0.25) is 0 Å². The van der Waals surface area contributed by atoms with E-state index >= 15 is 0 Å². The van der Waals surface area contributed by atoms with E-state index in [1.807, 2.05) is 0 Å². The van der Waals surface area contributed by atoms with Crippen molar-refractivity contribution in [3.8, 4) is 5.75 Å². The molecule has 1 aliphatic rings. The van der Waals surface area contributed by atoms with E-state index in [2.05, 4.69) is 10.2 Å². The smallest absolute Gasteiger partial charge is 0.321 e. The average Bonchev–Trinajstić information content (AvgIpc) is 2.63. The number of anilines is 2. The first-order chi connectivity index (χ1) is 12.1. The van der Waals surface area contributed by atoms with Crippen LogP contribution in [0.2, 0.25) is 5.02 Å². The summed E-state index contributed by atoms with van der Waals surface area (Å²) in [6, 6.07) is 11.4. The van der Waals surface area contributed by atoms with Crippen LogP contribution < -0.4 is 15.0 Å². The van der Waals surface area contributed by atoms with Crippen LogP contribution in [0, 0.1) is 5.82 Å².